The molecule has 0 bridgehead atoms. The molecule has 0 amide bonds. The summed E-state index contributed by atoms with van der Waals surface area (Å²) in [7, 11) is 2.24. The van der Waals surface area contributed by atoms with Gasteiger partial charge in [-0.15, -0.1) is 0 Å². The number of hydrogen-bond donors (Lipinski definition) is 1. The van der Waals surface area contributed by atoms with Gasteiger partial charge in [-0.1, -0.05) is 6.92 Å². The first-order valence-electron chi connectivity index (χ1n) is 7.67. The van der Waals surface area contributed by atoms with E-state index in [1.165, 1.54) is 38.8 Å². The highest BCUT2D eigenvalue weighted by molar-refractivity contribution is 5.01. The van der Waals surface area contributed by atoms with Crippen LogP contribution in [0, 0.1) is 5.92 Å². The molecule has 0 aliphatic carbocycles. The maximum Gasteiger partial charge on any atom is 0.0361 e. The van der Waals surface area contributed by atoms with Gasteiger partial charge < -0.3 is 10.6 Å². The summed E-state index contributed by atoms with van der Waals surface area (Å²) in [6, 6.07) is 1.35. The number of hydrogen-bond acceptors (Lipinski definition) is 3. The lowest BCUT2D eigenvalue weighted by atomic mass is 9.78. The highest BCUT2D eigenvalue weighted by Gasteiger charge is 2.44. The molecular formula is C15H31N3. The largest absolute Gasteiger partial charge is 0.329 e. The third kappa shape index (κ3) is 2.45. The van der Waals surface area contributed by atoms with Crippen molar-refractivity contribution in [1.29, 1.82) is 0 Å². The maximum atomic E-state index is 6.22. The van der Waals surface area contributed by atoms with Crippen LogP contribution in [0.4, 0.5) is 0 Å². The molecule has 2 aliphatic heterocycles. The van der Waals surface area contributed by atoms with E-state index >= 15 is 0 Å². The zero-order valence-electron chi connectivity index (χ0n) is 12.7. The van der Waals surface area contributed by atoms with Gasteiger partial charge in [0.15, 0.2) is 0 Å². The van der Waals surface area contributed by atoms with E-state index < -0.39 is 0 Å². The van der Waals surface area contributed by atoms with E-state index in [2.05, 4.69) is 37.6 Å². The van der Waals surface area contributed by atoms with Gasteiger partial charge >= 0.3 is 0 Å². The molecule has 106 valence electrons. The van der Waals surface area contributed by atoms with E-state index in [1.807, 2.05) is 0 Å². The van der Waals surface area contributed by atoms with Crippen LogP contribution in [0.1, 0.15) is 46.5 Å². The van der Waals surface area contributed by atoms with Crippen molar-refractivity contribution in [3.05, 3.63) is 0 Å². The molecule has 4 atom stereocenters. The summed E-state index contributed by atoms with van der Waals surface area (Å²) in [4.78, 5) is 5.23. The molecule has 0 radical (unpaired) electrons. The SMILES string of the molecule is CC1CCCN(C2(CN)CCN(C)C(C)C2)C1C. The normalized spacial score (nSPS) is 44.2. The second-order valence-corrected chi connectivity index (χ2v) is 6.77. The second-order valence-electron chi connectivity index (χ2n) is 6.77. The standard InChI is InChI=1S/C15H31N3/c1-12-6-5-8-18(14(12)3)15(11-16)7-9-17(4)13(2)10-15/h12-14H,5-11,16H2,1-4H3. The lowest BCUT2D eigenvalue weighted by molar-refractivity contribution is -0.0426. The Morgan fingerprint density at radius 2 is 1.94 bits per heavy atom. The van der Waals surface area contributed by atoms with Crippen LogP contribution in [0.15, 0.2) is 0 Å². The van der Waals surface area contributed by atoms with Crippen molar-refractivity contribution >= 4 is 0 Å². The number of nitrogens with two attached hydrogens (primary N) is 1. The highest BCUT2D eigenvalue weighted by atomic mass is 15.3. The molecule has 3 nitrogen and oxygen atoms in total. The van der Waals surface area contributed by atoms with E-state index in [4.69, 9.17) is 5.73 Å². The fourth-order valence-electron chi connectivity index (χ4n) is 3.98. The first-order valence-corrected chi connectivity index (χ1v) is 7.67. The monoisotopic (exact) mass is 253 g/mol. The Balaban J connectivity index is 2.16. The molecule has 3 heteroatoms. The molecule has 2 rings (SSSR count). The van der Waals surface area contributed by atoms with E-state index in [0.717, 1.165) is 12.5 Å². The molecule has 0 spiro atoms. The molecule has 2 saturated heterocycles. The number of likely N-dealkylation sites (tertiary alicyclic amines) is 2. The van der Waals surface area contributed by atoms with Gasteiger partial charge in [0.25, 0.3) is 0 Å². The summed E-state index contributed by atoms with van der Waals surface area (Å²) in [5.41, 5.74) is 6.49. The fourth-order valence-corrected chi connectivity index (χ4v) is 3.98. The van der Waals surface area contributed by atoms with Crippen molar-refractivity contribution in [3.8, 4) is 0 Å². The van der Waals surface area contributed by atoms with Gasteiger partial charge in [-0.3, -0.25) is 4.90 Å². The van der Waals surface area contributed by atoms with Gasteiger partial charge in [0.2, 0.25) is 0 Å². The Morgan fingerprint density at radius 3 is 2.56 bits per heavy atom. The van der Waals surface area contributed by atoms with Gasteiger partial charge in [0.05, 0.1) is 0 Å². The minimum Gasteiger partial charge on any atom is -0.329 e. The average Bonchev–Trinajstić information content (AvgIpc) is 2.36. The first kappa shape index (κ1) is 14.3. The van der Waals surface area contributed by atoms with Gasteiger partial charge in [0, 0.05) is 24.2 Å². The maximum absolute atomic E-state index is 6.22. The van der Waals surface area contributed by atoms with Crippen LogP contribution in [0.2, 0.25) is 0 Å². The van der Waals surface area contributed by atoms with E-state index in [-0.39, 0.29) is 5.54 Å². The van der Waals surface area contributed by atoms with Crippen LogP contribution in [0.5, 0.6) is 0 Å². The van der Waals surface area contributed by atoms with Crippen molar-refractivity contribution in [2.75, 3.05) is 26.7 Å². The molecule has 0 aromatic heterocycles. The Hall–Kier alpha value is -0.120. The van der Waals surface area contributed by atoms with Gasteiger partial charge in [-0.05, 0) is 65.6 Å². The van der Waals surface area contributed by atoms with Gasteiger partial charge in [0.1, 0.15) is 0 Å². The van der Waals surface area contributed by atoms with E-state index in [1.54, 1.807) is 0 Å². The van der Waals surface area contributed by atoms with Crippen LogP contribution >= 0.6 is 0 Å². The minimum atomic E-state index is 0.264. The summed E-state index contributed by atoms with van der Waals surface area (Å²) in [5.74, 6) is 0.817. The van der Waals surface area contributed by atoms with Crippen molar-refractivity contribution in [2.45, 2.75) is 64.1 Å². The predicted molar refractivity (Wildman–Crippen MR) is 77.7 cm³/mol. The molecular weight excluding hydrogens is 222 g/mol. The lowest BCUT2D eigenvalue weighted by Gasteiger charge is -2.55. The third-order valence-corrected chi connectivity index (χ3v) is 5.72. The fraction of sp³-hybridized carbons (Fsp3) is 1.00. The summed E-state index contributed by atoms with van der Waals surface area (Å²) >= 11 is 0. The second kappa shape index (κ2) is 5.48. The Kier molecular flexibility index (Phi) is 4.35. The number of piperidine rings is 2. The molecule has 2 N–H and O–H groups in total. The topological polar surface area (TPSA) is 32.5 Å². The molecule has 18 heavy (non-hydrogen) atoms. The zero-order chi connectivity index (χ0) is 13.3. The third-order valence-electron chi connectivity index (χ3n) is 5.72. The van der Waals surface area contributed by atoms with Crippen LogP contribution in [0.3, 0.4) is 0 Å². The lowest BCUT2D eigenvalue weighted by Crippen LogP contribution is -2.65. The molecule has 0 saturated carbocycles. The quantitative estimate of drug-likeness (QED) is 0.816. The van der Waals surface area contributed by atoms with Gasteiger partial charge in [-0.25, -0.2) is 0 Å². The van der Waals surface area contributed by atoms with Crippen LogP contribution in [-0.4, -0.2) is 54.1 Å². The molecule has 0 aromatic carbocycles. The van der Waals surface area contributed by atoms with Crippen molar-refractivity contribution < 1.29 is 0 Å². The number of nitrogens with zero attached hydrogens (tertiary/aromatic N) is 2. The molecule has 2 heterocycles. The average molecular weight is 253 g/mol. The molecule has 0 aromatic rings. The van der Waals surface area contributed by atoms with Crippen LogP contribution < -0.4 is 5.73 Å². The zero-order valence-corrected chi connectivity index (χ0v) is 12.7. The smallest absolute Gasteiger partial charge is 0.0361 e. The molecule has 4 unspecified atom stereocenters. The predicted octanol–water partition coefficient (Wildman–Crippen LogP) is 1.92. The van der Waals surface area contributed by atoms with Crippen LogP contribution in [0.25, 0.3) is 0 Å². The highest BCUT2D eigenvalue weighted by Crippen LogP contribution is 2.37. The van der Waals surface area contributed by atoms with E-state index in [0.29, 0.717) is 12.1 Å². The van der Waals surface area contributed by atoms with Gasteiger partial charge in [-0.2, -0.15) is 0 Å². The Labute approximate surface area is 113 Å². The van der Waals surface area contributed by atoms with Crippen molar-refractivity contribution in [1.82, 2.24) is 9.80 Å². The Morgan fingerprint density at radius 1 is 1.22 bits per heavy atom. The summed E-state index contributed by atoms with van der Waals surface area (Å²) < 4.78 is 0. The minimum absolute atomic E-state index is 0.264. The van der Waals surface area contributed by atoms with Crippen molar-refractivity contribution in [3.63, 3.8) is 0 Å². The first-order chi connectivity index (χ1) is 8.50. The summed E-state index contributed by atoms with van der Waals surface area (Å²) in [5, 5.41) is 0. The van der Waals surface area contributed by atoms with Crippen LogP contribution in [-0.2, 0) is 0 Å². The summed E-state index contributed by atoms with van der Waals surface area (Å²) in [6.45, 7) is 10.4. The Bertz CT molecular complexity index is 281. The summed E-state index contributed by atoms with van der Waals surface area (Å²) in [6.07, 6.45) is 5.20. The van der Waals surface area contributed by atoms with Crippen molar-refractivity contribution in [2.24, 2.45) is 11.7 Å². The van der Waals surface area contributed by atoms with E-state index in [9.17, 15) is 0 Å². The molecule has 2 fully saturated rings. The number of rotatable bonds is 2. The molecule has 2 aliphatic rings.